The number of anilines is 1. The van der Waals surface area contributed by atoms with Gasteiger partial charge in [-0.2, -0.15) is 0 Å². The lowest BCUT2D eigenvalue weighted by atomic mass is 9.89. The van der Waals surface area contributed by atoms with Gasteiger partial charge in [-0.15, -0.1) is 0 Å². The fraction of sp³-hybridized carbons (Fsp3) is 0.800. The number of hydrogen-bond donors (Lipinski definition) is 1. The summed E-state index contributed by atoms with van der Waals surface area (Å²) in [5, 5.41) is 3.58. The normalized spacial score (nSPS) is 34.2. The molecule has 3 nitrogen and oxygen atoms in total. The van der Waals surface area contributed by atoms with Crippen molar-refractivity contribution in [2.45, 2.75) is 58.0 Å². The SMILES string of the molecule is Cc1cn(CC2CC3CCC2C3)c(NC2CC2)n1. The van der Waals surface area contributed by atoms with E-state index in [9.17, 15) is 0 Å². The summed E-state index contributed by atoms with van der Waals surface area (Å²) in [5.74, 6) is 4.09. The van der Waals surface area contributed by atoms with Crippen LogP contribution in [0.5, 0.6) is 0 Å². The zero-order chi connectivity index (χ0) is 12.1. The molecule has 3 fully saturated rings. The van der Waals surface area contributed by atoms with E-state index in [1.807, 2.05) is 0 Å². The monoisotopic (exact) mass is 245 g/mol. The molecule has 3 atom stereocenters. The second kappa shape index (κ2) is 4.01. The molecule has 1 heterocycles. The lowest BCUT2D eigenvalue weighted by Gasteiger charge is -2.22. The van der Waals surface area contributed by atoms with E-state index >= 15 is 0 Å². The highest BCUT2D eigenvalue weighted by molar-refractivity contribution is 5.32. The molecule has 2 bridgehead atoms. The minimum absolute atomic E-state index is 0.700. The minimum Gasteiger partial charge on any atom is -0.353 e. The molecule has 3 unspecified atom stereocenters. The largest absolute Gasteiger partial charge is 0.353 e. The summed E-state index contributed by atoms with van der Waals surface area (Å²) < 4.78 is 2.39. The number of nitrogens with zero attached hydrogens (tertiary/aromatic N) is 2. The van der Waals surface area contributed by atoms with Crippen molar-refractivity contribution in [2.75, 3.05) is 5.32 Å². The molecular weight excluding hydrogens is 222 g/mol. The number of fused-ring (bicyclic) bond motifs is 2. The molecule has 0 radical (unpaired) electrons. The molecular formula is C15H23N3. The predicted molar refractivity (Wildman–Crippen MR) is 72.5 cm³/mol. The van der Waals surface area contributed by atoms with Crippen LogP contribution in [0.2, 0.25) is 0 Å². The van der Waals surface area contributed by atoms with E-state index in [1.54, 1.807) is 0 Å². The highest BCUT2D eigenvalue weighted by Crippen LogP contribution is 2.49. The summed E-state index contributed by atoms with van der Waals surface area (Å²) in [6.07, 6.45) is 10.8. The lowest BCUT2D eigenvalue weighted by Crippen LogP contribution is -2.19. The molecule has 3 heteroatoms. The summed E-state index contributed by atoms with van der Waals surface area (Å²) in [4.78, 5) is 4.65. The summed E-state index contributed by atoms with van der Waals surface area (Å²) in [7, 11) is 0. The molecule has 0 saturated heterocycles. The van der Waals surface area contributed by atoms with Crippen LogP contribution in [0.3, 0.4) is 0 Å². The van der Waals surface area contributed by atoms with Crippen LogP contribution in [0.25, 0.3) is 0 Å². The molecule has 0 amide bonds. The number of aromatic nitrogens is 2. The van der Waals surface area contributed by atoms with Crippen LogP contribution in [0.4, 0.5) is 5.95 Å². The first-order valence-corrected chi connectivity index (χ1v) is 7.58. The van der Waals surface area contributed by atoms with E-state index in [0.29, 0.717) is 6.04 Å². The zero-order valence-electron chi connectivity index (χ0n) is 11.2. The Morgan fingerprint density at radius 1 is 1.28 bits per heavy atom. The molecule has 3 saturated carbocycles. The molecule has 3 aliphatic rings. The fourth-order valence-corrected chi connectivity index (χ4v) is 4.06. The average Bonchev–Trinajstić information content (AvgIpc) is 2.78. The second-order valence-corrected chi connectivity index (χ2v) is 6.71. The molecule has 3 aliphatic carbocycles. The van der Waals surface area contributed by atoms with E-state index in [2.05, 4.69) is 28.0 Å². The minimum atomic E-state index is 0.700. The van der Waals surface area contributed by atoms with Gasteiger partial charge in [0, 0.05) is 18.8 Å². The Balaban J connectivity index is 1.49. The smallest absolute Gasteiger partial charge is 0.203 e. The van der Waals surface area contributed by atoms with Crippen molar-refractivity contribution in [2.24, 2.45) is 17.8 Å². The van der Waals surface area contributed by atoms with Gasteiger partial charge in [0.15, 0.2) is 0 Å². The van der Waals surface area contributed by atoms with Gasteiger partial charge in [0.1, 0.15) is 0 Å². The standard InChI is InChI=1S/C15H23N3/c1-10-8-18(15(16-10)17-14-4-5-14)9-13-7-11-2-3-12(13)6-11/h8,11-14H,2-7,9H2,1H3,(H,16,17). The Labute approximate surface area is 109 Å². The quantitative estimate of drug-likeness (QED) is 0.882. The van der Waals surface area contributed by atoms with Crippen LogP contribution in [0.15, 0.2) is 6.20 Å². The Kier molecular flexibility index (Phi) is 2.42. The highest BCUT2D eigenvalue weighted by Gasteiger charge is 2.39. The van der Waals surface area contributed by atoms with Gasteiger partial charge < -0.3 is 9.88 Å². The highest BCUT2D eigenvalue weighted by atomic mass is 15.2. The number of nitrogens with one attached hydrogen (secondary N) is 1. The Bertz CT molecular complexity index is 447. The number of aryl methyl sites for hydroxylation is 1. The lowest BCUT2D eigenvalue weighted by molar-refractivity contribution is 0.297. The summed E-state index contributed by atoms with van der Waals surface area (Å²) in [6, 6.07) is 0.700. The molecule has 98 valence electrons. The van der Waals surface area contributed by atoms with Crippen molar-refractivity contribution in [1.29, 1.82) is 0 Å². The maximum Gasteiger partial charge on any atom is 0.203 e. The van der Waals surface area contributed by atoms with Crippen molar-refractivity contribution in [1.82, 2.24) is 9.55 Å². The van der Waals surface area contributed by atoms with Gasteiger partial charge in [0.05, 0.1) is 5.69 Å². The maximum absolute atomic E-state index is 4.65. The molecule has 1 aromatic heterocycles. The summed E-state index contributed by atoms with van der Waals surface area (Å²) >= 11 is 0. The van der Waals surface area contributed by atoms with Crippen molar-refractivity contribution >= 4 is 5.95 Å². The van der Waals surface area contributed by atoms with Crippen LogP contribution in [-0.4, -0.2) is 15.6 Å². The maximum atomic E-state index is 4.65. The first-order valence-electron chi connectivity index (χ1n) is 7.58. The van der Waals surface area contributed by atoms with Crippen LogP contribution in [0, 0.1) is 24.7 Å². The third-order valence-corrected chi connectivity index (χ3v) is 5.12. The van der Waals surface area contributed by atoms with E-state index in [4.69, 9.17) is 0 Å². The van der Waals surface area contributed by atoms with Gasteiger partial charge in [0.2, 0.25) is 5.95 Å². The molecule has 18 heavy (non-hydrogen) atoms. The van der Waals surface area contributed by atoms with E-state index < -0.39 is 0 Å². The first-order chi connectivity index (χ1) is 8.78. The predicted octanol–water partition coefficient (Wildman–Crippen LogP) is 3.20. The number of rotatable bonds is 4. The first kappa shape index (κ1) is 10.9. The molecule has 1 N–H and O–H groups in total. The molecule has 0 aromatic carbocycles. The van der Waals surface area contributed by atoms with Gasteiger partial charge >= 0.3 is 0 Å². The van der Waals surface area contributed by atoms with Gasteiger partial charge in [0.25, 0.3) is 0 Å². The van der Waals surface area contributed by atoms with E-state index in [-0.39, 0.29) is 0 Å². The van der Waals surface area contributed by atoms with Crippen molar-refractivity contribution in [3.8, 4) is 0 Å². The third kappa shape index (κ3) is 1.94. The average molecular weight is 245 g/mol. The zero-order valence-corrected chi connectivity index (χ0v) is 11.2. The van der Waals surface area contributed by atoms with Gasteiger partial charge in [-0.25, -0.2) is 4.98 Å². The van der Waals surface area contributed by atoms with Crippen LogP contribution >= 0.6 is 0 Å². The Morgan fingerprint density at radius 2 is 2.17 bits per heavy atom. The van der Waals surface area contributed by atoms with Crippen molar-refractivity contribution in [3.05, 3.63) is 11.9 Å². The van der Waals surface area contributed by atoms with Crippen LogP contribution in [-0.2, 0) is 6.54 Å². The van der Waals surface area contributed by atoms with Crippen molar-refractivity contribution < 1.29 is 0 Å². The van der Waals surface area contributed by atoms with E-state index in [1.165, 1.54) is 45.1 Å². The van der Waals surface area contributed by atoms with E-state index in [0.717, 1.165) is 29.4 Å². The molecule has 1 aromatic rings. The summed E-state index contributed by atoms with van der Waals surface area (Å²) in [6.45, 7) is 3.30. The molecule has 4 rings (SSSR count). The number of hydrogen-bond acceptors (Lipinski definition) is 2. The second-order valence-electron chi connectivity index (χ2n) is 6.71. The summed E-state index contributed by atoms with van der Waals surface area (Å²) in [5.41, 5.74) is 1.15. The van der Waals surface area contributed by atoms with Crippen LogP contribution in [0.1, 0.15) is 44.2 Å². The van der Waals surface area contributed by atoms with Crippen LogP contribution < -0.4 is 5.32 Å². The van der Waals surface area contributed by atoms with Crippen molar-refractivity contribution in [3.63, 3.8) is 0 Å². The van der Waals surface area contributed by atoms with Gasteiger partial charge in [-0.1, -0.05) is 6.42 Å². The fourth-order valence-electron chi connectivity index (χ4n) is 4.06. The van der Waals surface area contributed by atoms with Gasteiger partial charge in [-0.05, 0) is 56.8 Å². The Morgan fingerprint density at radius 3 is 2.83 bits per heavy atom. The number of imidazole rings is 1. The third-order valence-electron chi connectivity index (χ3n) is 5.12. The topological polar surface area (TPSA) is 29.9 Å². The molecule has 0 aliphatic heterocycles. The Hall–Kier alpha value is -0.990. The van der Waals surface area contributed by atoms with Gasteiger partial charge in [-0.3, -0.25) is 0 Å². The molecule has 0 spiro atoms.